The molecule has 0 aliphatic heterocycles. The van der Waals surface area contributed by atoms with Gasteiger partial charge in [-0.3, -0.25) is 10.0 Å². The van der Waals surface area contributed by atoms with Gasteiger partial charge in [0.25, 0.3) is 0 Å². The van der Waals surface area contributed by atoms with Crippen molar-refractivity contribution in [3.05, 3.63) is 0 Å². The van der Waals surface area contributed by atoms with Crippen molar-refractivity contribution in [2.24, 2.45) is 0 Å². The van der Waals surface area contributed by atoms with E-state index >= 15 is 0 Å². The van der Waals surface area contributed by atoms with E-state index in [0.717, 1.165) is 0 Å². The smallest absolute Gasteiger partial charge is 0.399 e. The van der Waals surface area contributed by atoms with Crippen molar-refractivity contribution in [3.63, 3.8) is 0 Å². The molecule has 0 radical (unpaired) electrons. The van der Waals surface area contributed by atoms with Crippen LogP contribution in [-0.4, -0.2) is 22.7 Å². The fourth-order valence-corrected chi connectivity index (χ4v) is 0.370. The third-order valence-electron chi connectivity index (χ3n) is 0.686. The second-order valence-corrected chi connectivity index (χ2v) is 2.94. The molecule has 0 saturated carbocycles. The highest BCUT2D eigenvalue weighted by molar-refractivity contribution is 6.32. The van der Waals surface area contributed by atoms with E-state index in [0.29, 0.717) is 0 Å². The maximum absolute atomic E-state index is 10.6. The van der Waals surface area contributed by atoms with Gasteiger partial charge in [-0.15, -0.1) is 0 Å². The number of nitrogens with one attached hydrogen (secondary N) is 1. The van der Waals surface area contributed by atoms with Crippen LogP contribution in [0.2, 0.25) is 0 Å². The molecule has 11 heavy (non-hydrogen) atoms. The fraction of sp³-hybridized carbons (Fsp3) is 0.667. The van der Waals surface area contributed by atoms with Crippen molar-refractivity contribution in [1.29, 1.82) is 0 Å². The highest BCUT2D eigenvalue weighted by atomic mass is 16.6. The minimum Gasteiger partial charge on any atom is -0.453 e. The number of hydrogen-bond acceptors (Lipinski definition) is 4. The number of carbonyl (C=O) groups is 2. The van der Waals surface area contributed by atoms with Crippen LogP contribution in [0.15, 0.2) is 0 Å². The first kappa shape index (κ1) is 9.90. The Bertz CT molecular complexity index is 170. The molecule has 0 heterocycles. The zero-order chi connectivity index (χ0) is 9.07. The molecule has 0 atom stereocenters. The molecule has 0 rings (SSSR count). The van der Waals surface area contributed by atoms with Gasteiger partial charge in [0.1, 0.15) is 5.60 Å². The van der Waals surface area contributed by atoms with Gasteiger partial charge in [-0.25, -0.2) is 10.3 Å². The highest BCUT2D eigenvalue weighted by Crippen LogP contribution is 2.06. The number of ether oxygens (including phenoxy) is 1. The maximum Gasteiger partial charge on any atom is 0.399 e. The Morgan fingerprint density at radius 1 is 1.36 bits per heavy atom. The fourth-order valence-electron chi connectivity index (χ4n) is 0.370. The lowest BCUT2D eigenvalue weighted by atomic mass is 10.2. The summed E-state index contributed by atoms with van der Waals surface area (Å²) >= 11 is 0. The molecule has 0 aromatic carbocycles. The van der Waals surface area contributed by atoms with Crippen LogP contribution in [0.4, 0.5) is 0 Å². The number of rotatable bonds is 0. The SMILES string of the molecule is CC(C)(C)OC(=O)C(=O)NO. The largest absolute Gasteiger partial charge is 0.453 e. The van der Waals surface area contributed by atoms with Crippen LogP contribution in [0.5, 0.6) is 0 Å². The van der Waals surface area contributed by atoms with Gasteiger partial charge in [-0.2, -0.15) is 0 Å². The van der Waals surface area contributed by atoms with Crippen LogP contribution in [0.3, 0.4) is 0 Å². The lowest BCUT2D eigenvalue weighted by molar-refractivity contribution is -0.166. The Hall–Kier alpha value is -1.10. The number of carbonyl (C=O) groups excluding carboxylic acids is 2. The zero-order valence-electron chi connectivity index (χ0n) is 6.67. The van der Waals surface area contributed by atoms with Crippen LogP contribution >= 0.6 is 0 Å². The number of hydroxylamine groups is 1. The third kappa shape index (κ3) is 4.32. The van der Waals surface area contributed by atoms with Gasteiger partial charge in [0, 0.05) is 0 Å². The molecule has 0 saturated heterocycles. The van der Waals surface area contributed by atoms with E-state index in [9.17, 15) is 9.59 Å². The van der Waals surface area contributed by atoms with Crippen LogP contribution in [-0.2, 0) is 14.3 Å². The summed E-state index contributed by atoms with van der Waals surface area (Å²) in [5.74, 6) is -2.26. The standard InChI is InChI=1S/C6H11NO4/c1-6(2,3)11-5(9)4(8)7-10/h10H,1-3H3,(H,7,8). The summed E-state index contributed by atoms with van der Waals surface area (Å²) < 4.78 is 4.58. The number of amides is 1. The molecular weight excluding hydrogens is 150 g/mol. The monoisotopic (exact) mass is 161 g/mol. The molecular formula is C6H11NO4. The first-order valence-corrected chi connectivity index (χ1v) is 3.04. The average molecular weight is 161 g/mol. The first-order valence-electron chi connectivity index (χ1n) is 3.04. The van der Waals surface area contributed by atoms with Crippen LogP contribution in [0.25, 0.3) is 0 Å². The zero-order valence-corrected chi connectivity index (χ0v) is 6.67. The van der Waals surface area contributed by atoms with E-state index < -0.39 is 17.5 Å². The Morgan fingerprint density at radius 3 is 2.09 bits per heavy atom. The molecule has 0 fully saturated rings. The van der Waals surface area contributed by atoms with Crippen LogP contribution < -0.4 is 5.48 Å². The van der Waals surface area contributed by atoms with Gasteiger partial charge in [0.15, 0.2) is 0 Å². The molecule has 0 spiro atoms. The summed E-state index contributed by atoms with van der Waals surface area (Å²) in [6, 6.07) is 0. The number of hydrogen-bond donors (Lipinski definition) is 2. The molecule has 0 aliphatic rings. The summed E-state index contributed by atoms with van der Waals surface area (Å²) in [7, 11) is 0. The van der Waals surface area contributed by atoms with Crippen molar-refractivity contribution in [3.8, 4) is 0 Å². The van der Waals surface area contributed by atoms with E-state index in [1.807, 2.05) is 0 Å². The molecule has 0 aromatic rings. The Morgan fingerprint density at radius 2 is 1.82 bits per heavy atom. The summed E-state index contributed by atoms with van der Waals surface area (Å²) in [5, 5.41) is 8.00. The second-order valence-electron chi connectivity index (χ2n) is 2.94. The third-order valence-corrected chi connectivity index (χ3v) is 0.686. The minimum atomic E-state index is -1.17. The lowest BCUT2D eigenvalue weighted by Gasteiger charge is -2.18. The van der Waals surface area contributed by atoms with Gasteiger partial charge < -0.3 is 4.74 Å². The van der Waals surface area contributed by atoms with E-state index in [-0.39, 0.29) is 0 Å². The van der Waals surface area contributed by atoms with Crippen molar-refractivity contribution >= 4 is 11.9 Å². The van der Waals surface area contributed by atoms with Gasteiger partial charge >= 0.3 is 11.9 Å². The summed E-state index contributed by atoms with van der Waals surface area (Å²) in [6.07, 6.45) is 0. The molecule has 0 aliphatic carbocycles. The molecule has 0 unspecified atom stereocenters. The van der Waals surface area contributed by atoms with Gasteiger partial charge in [0.2, 0.25) is 0 Å². The Balaban J connectivity index is 3.99. The summed E-state index contributed by atoms with van der Waals surface area (Å²) in [6.45, 7) is 4.86. The quantitative estimate of drug-likeness (QED) is 0.224. The predicted molar refractivity (Wildman–Crippen MR) is 35.8 cm³/mol. The molecule has 64 valence electrons. The predicted octanol–water partition coefficient (Wildman–Crippen LogP) is -0.167. The van der Waals surface area contributed by atoms with E-state index in [4.69, 9.17) is 5.21 Å². The molecule has 2 N–H and O–H groups in total. The van der Waals surface area contributed by atoms with Gasteiger partial charge in [-0.1, -0.05) is 0 Å². The van der Waals surface area contributed by atoms with Gasteiger partial charge in [-0.05, 0) is 20.8 Å². The maximum atomic E-state index is 10.6. The Labute approximate surface area is 64.3 Å². The van der Waals surface area contributed by atoms with Crippen LogP contribution in [0.1, 0.15) is 20.8 Å². The topological polar surface area (TPSA) is 75.6 Å². The molecule has 1 amide bonds. The van der Waals surface area contributed by atoms with Gasteiger partial charge in [0.05, 0.1) is 0 Å². The summed E-state index contributed by atoms with van der Waals surface area (Å²) in [4.78, 5) is 20.9. The van der Waals surface area contributed by atoms with Crippen molar-refractivity contribution < 1.29 is 19.5 Å². The lowest BCUT2D eigenvalue weighted by Crippen LogP contribution is -2.35. The van der Waals surface area contributed by atoms with Crippen molar-refractivity contribution in [1.82, 2.24) is 5.48 Å². The minimum absolute atomic E-state index is 0.719. The van der Waals surface area contributed by atoms with Crippen LogP contribution in [0, 0.1) is 0 Å². The molecule has 5 nitrogen and oxygen atoms in total. The van der Waals surface area contributed by atoms with E-state index in [1.165, 1.54) is 5.48 Å². The second kappa shape index (κ2) is 3.34. The number of esters is 1. The van der Waals surface area contributed by atoms with E-state index in [1.54, 1.807) is 20.8 Å². The van der Waals surface area contributed by atoms with Crippen molar-refractivity contribution in [2.75, 3.05) is 0 Å². The highest BCUT2D eigenvalue weighted by Gasteiger charge is 2.21. The molecule has 0 bridgehead atoms. The van der Waals surface area contributed by atoms with Crippen molar-refractivity contribution in [2.45, 2.75) is 26.4 Å². The average Bonchev–Trinajstić information content (AvgIpc) is 1.82. The molecule has 0 aromatic heterocycles. The van der Waals surface area contributed by atoms with E-state index in [2.05, 4.69) is 4.74 Å². The Kier molecular flexibility index (Phi) is 3.00. The summed E-state index contributed by atoms with van der Waals surface area (Å²) in [5.41, 5.74) is 0.455. The first-order chi connectivity index (χ1) is 4.87. The molecule has 5 heteroatoms. The normalized spacial score (nSPS) is 10.5.